The predicted molar refractivity (Wildman–Crippen MR) is 84.0 cm³/mol. The van der Waals surface area contributed by atoms with E-state index in [0.29, 0.717) is 23.9 Å². The molecule has 0 aliphatic carbocycles. The number of ether oxygens (including phenoxy) is 1. The molecule has 1 aromatic rings. The number of benzene rings is 1. The van der Waals surface area contributed by atoms with Gasteiger partial charge in [-0.2, -0.15) is 0 Å². The van der Waals surface area contributed by atoms with Gasteiger partial charge in [-0.25, -0.2) is 0 Å². The van der Waals surface area contributed by atoms with Gasteiger partial charge in [0.1, 0.15) is 18.7 Å². The first-order valence-corrected chi connectivity index (χ1v) is 8.05. The number of carboxylic acids is 1. The molecule has 0 saturated carbocycles. The van der Waals surface area contributed by atoms with Crippen LogP contribution in [0.4, 0.5) is 5.69 Å². The van der Waals surface area contributed by atoms with Crippen molar-refractivity contribution in [3.63, 3.8) is 0 Å². The molecule has 0 radical (unpaired) electrons. The van der Waals surface area contributed by atoms with E-state index >= 15 is 0 Å². The molecule has 1 amide bonds. The Labute approximate surface area is 140 Å². The maximum absolute atomic E-state index is 12.0. The van der Waals surface area contributed by atoms with E-state index in [0.717, 1.165) is 18.4 Å². The topological polar surface area (TPSA) is 95.1 Å². The number of rotatable bonds is 7. The van der Waals surface area contributed by atoms with Crippen LogP contribution in [0.1, 0.15) is 24.8 Å². The fraction of sp³-hybridized carbons (Fsp3) is 0.500. The van der Waals surface area contributed by atoms with Crippen LogP contribution in [0.25, 0.3) is 0 Å². The second-order valence-corrected chi connectivity index (χ2v) is 6.16. The van der Waals surface area contributed by atoms with Crippen molar-refractivity contribution >= 4 is 29.2 Å². The van der Waals surface area contributed by atoms with E-state index in [1.54, 1.807) is 23.5 Å². The summed E-state index contributed by atoms with van der Waals surface area (Å²) in [5.41, 5.74) is 1.45. The van der Waals surface area contributed by atoms with Crippen molar-refractivity contribution in [3.05, 3.63) is 28.8 Å². The zero-order chi connectivity index (χ0) is 16.8. The maximum atomic E-state index is 12.0. The molecule has 0 bridgehead atoms. The number of carbonyl (C=O) groups is 2. The monoisotopic (exact) mass is 340 g/mol. The summed E-state index contributed by atoms with van der Waals surface area (Å²) in [5.74, 6) is -1.64. The third-order valence-electron chi connectivity index (χ3n) is 3.87. The smallest absolute Gasteiger partial charge is 0.230 e. The van der Waals surface area contributed by atoms with E-state index in [-0.39, 0.29) is 18.4 Å². The Kier molecular flexibility index (Phi) is 6.38. The highest BCUT2D eigenvalue weighted by atomic mass is 35.5. The number of nitrogens with one attached hydrogen (secondary N) is 1. The Morgan fingerprint density at radius 2 is 2.30 bits per heavy atom. The van der Waals surface area contributed by atoms with Crippen LogP contribution in [0.15, 0.2) is 18.2 Å². The van der Waals surface area contributed by atoms with Crippen molar-refractivity contribution in [2.24, 2.45) is 0 Å². The summed E-state index contributed by atoms with van der Waals surface area (Å²) in [6.07, 6.45) is 1.80. The van der Waals surface area contributed by atoms with E-state index in [2.05, 4.69) is 5.32 Å². The average Bonchev–Trinajstić information content (AvgIpc) is 3.00. The lowest BCUT2D eigenvalue weighted by atomic mass is 10.1. The lowest BCUT2D eigenvalue weighted by molar-refractivity contribution is -0.687. The van der Waals surface area contributed by atoms with Gasteiger partial charge in [0.25, 0.3) is 0 Å². The van der Waals surface area contributed by atoms with Gasteiger partial charge in [0.2, 0.25) is 5.91 Å². The van der Waals surface area contributed by atoms with Crippen LogP contribution in [-0.4, -0.2) is 37.2 Å². The molecule has 1 aromatic carbocycles. The number of aryl methyl sites for hydroxylation is 1. The molecule has 23 heavy (non-hydrogen) atoms. The minimum Gasteiger partial charge on any atom is -0.544 e. The molecule has 7 heteroatoms. The van der Waals surface area contributed by atoms with Crippen LogP contribution >= 0.6 is 11.6 Å². The second-order valence-electron chi connectivity index (χ2n) is 5.75. The van der Waals surface area contributed by atoms with Crippen LogP contribution < -0.4 is 15.7 Å². The molecule has 0 unspecified atom stereocenters. The molecule has 1 aliphatic heterocycles. The van der Waals surface area contributed by atoms with Crippen LogP contribution in [0.5, 0.6) is 0 Å². The molecule has 2 atom stereocenters. The number of nitrogens with two attached hydrogens (primary N) is 1. The summed E-state index contributed by atoms with van der Waals surface area (Å²) in [4.78, 5) is 23.2. The molecule has 6 nitrogen and oxygen atoms in total. The number of hydrogen-bond donors (Lipinski definition) is 2. The zero-order valence-electron chi connectivity index (χ0n) is 13.0. The standard InChI is InChI=1S/C16H21ClN2O4/c1-10-4-5-11(7-13(10)17)19-15(20)8-14(16(21)22)18-9-12-3-2-6-23-12/h4-5,7,12,14,18H,2-3,6,8-9H2,1H3,(H,19,20)(H,21,22)/t12-,14+/m1/s1. The van der Waals surface area contributed by atoms with Crippen LogP contribution in [-0.2, 0) is 14.3 Å². The van der Waals surface area contributed by atoms with E-state index < -0.39 is 12.0 Å². The molecule has 0 spiro atoms. The first-order valence-electron chi connectivity index (χ1n) is 7.67. The van der Waals surface area contributed by atoms with Crippen LogP contribution in [0.3, 0.4) is 0 Å². The quantitative estimate of drug-likeness (QED) is 0.721. The predicted octanol–water partition coefficient (Wildman–Crippen LogP) is -0.162. The Bertz CT molecular complexity index is 573. The van der Waals surface area contributed by atoms with E-state index in [1.165, 1.54) is 0 Å². The molecule has 3 N–H and O–H groups in total. The van der Waals surface area contributed by atoms with Gasteiger partial charge < -0.3 is 25.3 Å². The van der Waals surface area contributed by atoms with Crippen molar-refractivity contribution in [2.75, 3.05) is 18.5 Å². The minimum absolute atomic E-state index is 0.0517. The first kappa shape index (κ1) is 17.7. The molecule has 1 fully saturated rings. The number of carboxylic acid groups (broad SMARTS) is 1. The summed E-state index contributed by atoms with van der Waals surface area (Å²) < 4.78 is 5.45. The van der Waals surface area contributed by atoms with Gasteiger partial charge in [-0.15, -0.1) is 0 Å². The van der Waals surface area contributed by atoms with Crippen molar-refractivity contribution < 1.29 is 24.7 Å². The van der Waals surface area contributed by atoms with Gasteiger partial charge in [0.15, 0.2) is 0 Å². The van der Waals surface area contributed by atoms with Crippen molar-refractivity contribution in [1.82, 2.24) is 0 Å². The third kappa shape index (κ3) is 5.49. The van der Waals surface area contributed by atoms with Crippen LogP contribution in [0, 0.1) is 6.92 Å². The van der Waals surface area contributed by atoms with Crippen molar-refractivity contribution in [3.8, 4) is 0 Å². The lowest BCUT2D eigenvalue weighted by Crippen LogP contribution is -2.94. The molecular formula is C16H21ClN2O4. The molecule has 126 valence electrons. The van der Waals surface area contributed by atoms with E-state index in [1.807, 2.05) is 6.92 Å². The summed E-state index contributed by atoms with van der Waals surface area (Å²) in [7, 11) is 0. The first-order chi connectivity index (χ1) is 11.0. The largest absolute Gasteiger partial charge is 0.544 e. The summed E-state index contributed by atoms with van der Waals surface area (Å²) in [6.45, 7) is 3.09. The van der Waals surface area contributed by atoms with Crippen LogP contribution in [0.2, 0.25) is 5.02 Å². The lowest BCUT2D eigenvalue weighted by Gasteiger charge is -2.18. The van der Waals surface area contributed by atoms with Gasteiger partial charge >= 0.3 is 0 Å². The normalized spacial score (nSPS) is 18.6. The average molecular weight is 341 g/mol. The minimum atomic E-state index is -1.25. The summed E-state index contributed by atoms with van der Waals surface area (Å²) in [6, 6.07) is 4.22. The van der Waals surface area contributed by atoms with Crippen molar-refractivity contribution in [1.29, 1.82) is 0 Å². The van der Waals surface area contributed by atoms with Gasteiger partial charge in [-0.1, -0.05) is 17.7 Å². The Balaban J connectivity index is 1.86. The molecule has 0 aromatic heterocycles. The Hall–Kier alpha value is -1.63. The molecule has 2 rings (SSSR count). The molecule has 1 aliphatic rings. The highest BCUT2D eigenvalue weighted by Crippen LogP contribution is 2.20. The Morgan fingerprint density at radius 1 is 1.52 bits per heavy atom. The number of carbonyl (C=O) groups excluding carboxylic acids is 2. The number of halogens is 1. The number of hydrogen-bond acceptors (Lipinski definition) is 4. The highest BCUT2D eigenvalue weighted by molar-refractivity contribution is 6.31. The van der Waals surface area contributed by atoms with Gasteiger partial charge in [0.05, 0.1) is 12.4 Å². The SMILES string of the molecule is Cc1ccc(NC(=O)C[C@H]([NH2+]C[C@H]2CCCO2)C(=O)[O-])cc1Cl. The number of amides is 1. The van der Waals surface area contributed by atoms with Crippen molar-refractivity contribution in [2.45, 2.75) is 38.3 Å². The molecule has 1 heterocycles. The highest BCUT2D eigenvalue weighted by Gasteiger charge is 2.23. The Morgan fingerprint density at radius 3 is 2.91 bits per heavy atom. The molecule has 1 saturated heterocycles. The zero-order valence-corrected chi connectivity index (χ0v) is 13.8. The van der Waals surface area contributed by atoms with Gasteiger partial charge in [0, 0.05) is 17.3 Å². The fourth-order valence-corrected chi connectivity index (χ4v) is 2.67. The van der Waals surface area contributed by atoms with Gasteiger partial charge in [-0.3, -0.25) is 4.79 Å². The number of anilines is 1. The second kappa shape index (κ2) is 8.29. The van der Waals surface area contributed by atoms with Gasteiger partial charge in [-0.05, 0) is 37.5 Å². The molecular weight excluding hydrogens is 320 g/mol. The fourth-order valence-electron chi connectivity index (χ4n) is 2.49. The number of aliphatic carboxylic acids is 1. The summed E-state index contributed by atoms with van der Waals surface area (Å²) in [5, 5.41) is 16.0. The third-order valence-corrected chi connectivity index (χ3v) is 4.28. The van der Waals surface area contributed by atoms with E-state index in [4.69, 9.17) is 16.3 Å². The van der Waals surface area contributed by atoms with E-state index in [9.17, 15) is 14.7 Å². The number of quaternary nitrogens is 1. The maximum Gasteiger partial charge on any atom is 0.230 e. The summed E-state index contributed by atoms with van der Waals surface area (Å²) >= 11 is 6.00.